The monoisotopic (exact) mass is 284 g/mol. The van der Waals surface area contributed by atoms with Crippen molar-refractivity contribution in [2.45, 2.75) is 26.2 Å². The molecular formula is C12H16N2O6. The molecule has 8 nitrogen and oxygen atoms in total. The molecule has 0 spiro atoms. The maximum Gasteiger partial charge on any atom is 0.418 e. The van der Waals surface area contributed by atoms with Crippen LogP contribution in [0.1, 0.15) is 13.8 Å². The Morgan fingerprint density at radius 3 is 2.40 bits per heavy atom. The Balaban J connectivity index is 2.47. The SMILES string of the molecule is COC(=O)N1C=CC2N(C(=O)OC)C1OC(=O)C2(C)C. The van der Waals surface area contributed by atoms with E-state index in [9.17, 15) is 14.4 Å². The summed E-state index contributed by atoms with van der Waals surface area (Å²) >= 11 is 0. The first kappa shape index (κ1) is 14.2. The van der Waals surface area contributed by atoms with Gasteiger partial charge in [-0.25, -0.2) is 19.4 Å². The molecule has 1 saturated heterocycles. The number of fused-ring (bicyclic) bond motifs is 2. The molecule has 2 rings (SSSR count). The molecule has 2 unspecified atom stereocenters. The lowest BCUT2D eigenvalue weighted by Gasteiger charge is -2.50. The quantitative estimate of drug-likeness (QED) is 0.485. The third-order valence-electron chi connectivity index (χ3n) is 3.45. The van der Waals surface area contributed by atoms with Crippen LogP contribution in [0.15, 0.2) is 12.3 Å². The van der Waals surface area contributed by atoms with Crippen LogP contribution >= 0.6 is 0 Å². The van der Waals surface area contributed by atoms with Gasteiger partial charge in [0.05, 0.1) is 25.7 Å². The van der Waals surface area contributed by atoms with Gasteiger partial charge in [0.25, 0.3) is 6.35 Å². The largest absolute Gasteiger partial charge is 0.453 e. The molecule has 2 atom stereocenters. The van der Waals surface area contributed by atoms with Gasteiger partial charge >= 0.3 is 18.2 Å². The van der Waals surface area contributed by atoms with Gasteiger partial charge in [-0.2, -0.15) is 0 Å². The van der Waals surface area contributed by atoms with Crippen LogP contribution in [0, 0.1) is 5.41 Å². The highest BCUT2D eigenvalue weighted by Crippen LogP contribution is 2.38. The average molecular weight is 284 g/mol. The van der Waals surface area contributed by atoms with Gasteiger partial charge in [0.1, 0.15) is 0 Å². The van der Waals surface area contributed by atoms with E-state index in [1.54, 1.807) is 19.9 Å². The van der Waals surface area contributed by atoms with Crippen molar-refractivity contribution in [3.63, 3.8) is 0 Å². The van der Waals surface area contributed by atoms with Crippen molar-refractivity contribution < 1.29 is 28.6 Å². The molecule has 0 saturated carbocycles. The number of hydrogen-bond donors (Lipinski definition) is 0. The van der Waals surface area contributed by atoms with Crippen molar-refractivity contribution in [2.75, 3.05) is 14.2 Å². The number of esters is 1. The van der Waals surface area contributed by atoms with Gasteiger partial charge < -0.3 is 14.2 Å². The minimum absolute atomic E-state index is 0.508. The topological polar surface area (TPSA) is 85.4 Å². The van der Waals surface area contributed by atoms with E-state index in [0.717, 1.165) is 4.90 Å². The van der Waals surface area contributed by atoms with E-state index in [1.165, 1.54) is 25.3 Å². The van der Waals surface area contributed by atoms with Gasteiger partial charge in [-0.1, -0.05) is 0 Å². The number of ether oxygens (including phenoxy) is 3. The summed E-state index contributed by atoms with van der Waals surface area (Å²) in [5.41, 5.74) is -0.941. The molecule has 0 aliphatic carbocycles. The van der Waals surface area contributed by atoms with E-state index in [-0.39, 0.29) is 0 Å². The third-order valence-corrected chi connectivity index (χ3v) is 3.45. The Morgan fingerprint density at radius 1 is 1.25 bits per heavy atom. The summed E-state index contributed by atoms with van der Waals surface area (Å²) in [4.78, 5) is 37.8. The van der Waals surface area contributed by atoms with Crippen molar-refractivity contribution in [3.05, 3.63) is 12.3 Å². The molecule has 110 valence electrons. The predicted molar refractivity (Wildman–Crippen MR) is 65.1 cm³/mol. The normalized spacial score (nSPS) is 26.9. The summed E-state index contributed by atoms with van der Waals surface area (Å²) in [6, 6.07) is -0.567. The first-order chi connectivity index (χ1) is 9.34. The first-order valence-electron chi connectivity index (χ1n) is 5.96. The van der Waals surface area contributed by atoms with Crippen LogP contribution in [-0.4, -0.2) is 54.6 Å². The second kappa shape index (κ2) is 4.69. The predicted octanol–water partition coefficient (Wildman–Crippen LogP) is 0.886. The second-order valence-corrected chi connectivity index (χ2v) is 4.99. The van der Waals surface area contributed by atoms with Gasteiger partial charge in [0.2, 0.25) is 0 Å². The number of nitrogens with zero attached hydrogens (tertiary/aromatic N) is 2. The molecule has 2 bridgehead atoms. The average Bonchev–Trinajstić information content (AvgIpc) is 2.43. The van der Waals surface area contributed by atoms with E-state index in [1.807, 2.05) is 0 Å². The number of rotatable bonds is 0. The lowest BCUT2D eigenvalue weighted by atomic mass is 9.81. The fraction of sp³-hybridized carbons (Fsp3) is 0.583. The number of carbonyl (C=O) groups excluding carboxylic acids is 3. The minimum Gasteiger partial charge on any atom is -0.453 e. The minimum atomic E-state index is -1.20. The molecule has 8 heteroatoms. The summed E-state index contributed by atoms with van der Waals surface area (Å²) < 4.78 is 14.5. The van der Waals surface area contributed by atoms with E-state index in [0.29, 0.717) is 0 Å². The van der Waals surface area contributed by atoms with E-state index in [4.69, 9.17) is 9.47 Å². The molecule has 1 fully saturated rings. The maximum atomic E-state index is 12.0. The zero-order valence-corrected chi connectivity index (χ0v) is 11.7. The molecule has 2 heterocycles. The fourth-order valence-corrected chi connectivity index (χ4v) is 2.25. The van der Waals surface area contributed by atoms with Gasteiger partial charge in [0.15, 0.2) is 0 Å². The van der Waals surface area contributed by atoms with E-state index < -0.39 is 36.0 Å². The standard InChI is InChI=1S/C12H16N2O6/c1-12(2)7-5-6-13(10(16)18-3)9(20-8(12)15)14(7)11(17)19-4/h5-7,9H,1-4H3. The van der Waals surface area contributed by atoms with Crippen LogP contribution in [-0.2, 0) is 19.0 Å². The Kier molecular flexibility index (Phi) is 3.33. The number of carbonyl (C=O) groups is 3. The first-order valence-corrected chi connectivity index (χ1v) is 5.96. The summed E-state index contributed by atoms with van der Waals surface area (Å²) in [5.74, 6) is -0.508. The Labute approximate surface area is 115 Å². The Morgan fingerprint density at radius 2 is 1.85 bits per heavy atom. The van der Waals surface area contributed by atoms with Crippen molar-refractivity contribution in [2.24, 2.45) is 5.41 Å². The lowest BCUT2D eigenvalue weighted by molar-refractivity contribution is -0.210. The molecule has 0 aromatic carbocycles. The van der Waals surface area contributed by atoms with Crippen LogP contribution in [0.3, 0.4) is 0 Å². The Hall–Kier alpha value is -2.25. The molecule has 0 radical (unpaired) electrons. The highest BCUT2D eigenvalue weighted by molar-refractivity contribution is 5.83. The summed E-state index contributed by atoms with van der Waals surface area (Å²) in [6.45, 7) is 3.31. The molecule has 0 aromatic rings. The number of amides is 2. The highest BCUT2D eigenvalue weighted by atomic mass is 16.6. The molecule has 2 amide bonds. The van der Waals surface area contributed by atoms with Gasteiger partial charge in [0, 0.05) is 6.20 Å². The molecular weight excluding hydrogens is 268 g/mol. The maximum absolute atomic E-state index is 12.0. The lowest BCUT2D eigenvalue weighted by Crippen LogP contribution is -2.68. The fourth-order valence-electron chi connectivity index (χ4n) is 2.25. The zero-order chi connectivity index (χ0) is 15.1. The smallest absolute Gasteiger partial charge is 0.418 e. The molecule has 0 aromatic heterocycles. The van der Waals surface area contributed by atoms with E-state index >= 15 is 0 Å². The number of hydrogen-bond acceptors (Lipinski definition) is 6. The van der Waals surface area contributed by atoms with Crippen molar-refractivity contribution >= 4 is 18.2 Å². The number of methoxy groups -OCH3 is 2. The van der Waals surface area contributed by atoms with Crippen LogP contribution in [0.4, 0.5) is 9.59 Å². The van der Waals surface area contributed by atoms with Crippen LogP contribution in [0.5, 0.6) is 0 Å². The Bertz CT molecular complexity index is 486. The van der Waals surface area contributed by atoms with Crippen LogP contribution in [0.25, 0.3) is 0 Å². The van der Waals surface area contributed by atoms with Crippen molar-refractivity contribution in [1.82, 2.24) is 9.80 Å². The van der Waals surface area contributed by atoms with Gasteiger partial charge in [-0.05, 0) is 19.9 Å². The summed E-state index contributed by atoms with van der Waals surface area (Å²) in [6.07, 6.45) is 0.370. The molecule has 0 N–H and O–H groups in total. The molecule has 2 aliphatic rings. The molecule has 2 aliphatic heterocycles. The van der Waals surface area contributed by atoms with Crippen LogP contribution < -0.4 is 0 Å². The van der Waals surface area contributed by atoms with Crippen molar-refractivity contribution in [3.8, 4) is 0 Å². The highest BCUT2D eigenvalue weighted by Gasteiger charge is 2.55. The van der Waals surface area contributed by atoms with Gasteiger partial charge in [-0.15, -0.1) is 0 Å². The molecule has 20 heavy (non-hydrogen) atoms. The van der Waals surface area contributed by atoms with Crippen LogP contribution in [0.2, 0.25) is 0 Å². The third kappa shape index (κ3) is 1.87. The zero-order valence-electron chi connectivity index (χ0n) is 11.7. The summed E-state index contributed by atoms with van der Waals surface area (Å²) in [7, 11) is 2.41. The van der Waals surface area contributed by atoms with Crippen molar-refractivity contribution in [1.29, 1.82) is 0 Å². The summed E-state index contributed by atoms with van der Waals surface area (Å²) in [5, 5.41) is 0. The van der Waals surface area contributed by atoms with Gasteiger partial charge in [-0.3, -0.25) is 4.79 Å². The van der Waals surface area contributed by atoms with E-state index in [2.05, 4.69) is 4.74 Å². The second-order valence-electron chi connectivity index (χ2n) is 4.99.